The Morgan fingerprint density at radius 1 is 1.17 bits per heavy atom. The quantitative estimate of drug-likeness (QED) is 0.698. The van der Waals surface area contributed by atoms with Crippen LogP contribution >= 0.6 is 0 Å². The van der Waals surface area contributed by atoms with Crippen molar-refractivity contribution in [2.75, 3.05) is 13.9 Å². The highest BCUT2D eigenvalue weighted by molar-refractivity contribution is 7.94. The smallest absolute Gasteiger partial charge is 0.199 e. The third kappa shape index (κ3) is 6.06. The van der Waals surface area contributed by atoms with E-state index in [1.807, 2.05) is 20.8 Å². The lowest BCUT2D eigenvalue weighted by Crippen LogP contribution is -2.35. The molecule has 0 bridgehead atoms. The molecule has 5 nitrogen and oxygen atoms in total. The highest BCUT2D eigenvalue weighted by Gasteiger charge is 2.26. The van der Waals surface area contributed by atoms with Crippen molar-refractivity contribution in [3.8, 4) is 0 Å². The molecule has 0 spiro atoms. The predicted octanol–water partition coefficient (Wildman–Crippen LogP) is 2.62. The average Bonchev–Trinajstić information content (AvgIpc) is 2.53. The number of aliphatic hydroxyl groups excluding tert-OH is 1. The maximum Gasteiger partial charge on any atom is 0.199 e. The lowest BCUT2D eigenvalue weighted by Gasteiger charge is -2.29. The van der Waals surface area contributed by atoms with Gasteiger partial charge in [-0.2, -0.15) is 0 Å². The topological polar surface area (TPSA) is 72.8 Å². The molecule has 0 amide bonds. The number of hydrogen-bond acceptors (Lipinski definition) is 5. The molecule has 0 aromatic heterocycles. The Balaban J connectivity index is 2.82. The largest absolute Gasteiger partial charge is 0.389 e. The molecule has 0 radical (unpaired) electrons. The second-order valence-electron chi connectivity index (χ2n) is 5.82. The van der Waals surface area contributed by atoms with Gasteiger partial charge in [-0.25, -0.2) is 8.42 Å². The molecule has 1 aromatic rings. The molecule has 1 N–H and O–H groups in total. The Hall–Kier alpha value is -1.21. The summed E-state index contributed by atoms with van der Waals surface area (Å²) in [6, 6.07) is 8.11. The molecule has 0 unspecified atom stereocenters. The molecule has 0 saturated carbocycles. The van der Waals surface area contributed by atoms with Crippen molar-refractivity contribution in [3.05, 3.63) is 41.8 Å². The van der Waals surface area contributed by atoms with Crippen LogP contribution in [0, 0.1) is 11.8 Å². The van der Waals surface area contributed by atoms with Gasteiger partial charge in [-0.15, -0.1) is 0 Å². The fraction of sp³-hybridized carbons (Fsp3) is 0.529. The Kier molecular flexibility index (Phi) is 7.91. The zero-order valence-electron chi connectivity index (χ0n) is 14.0. The summed E-state index contributed by atoms with van der Waals surface area (Å²) in [6.07, 6.45) is 0.130. The molecule has 1 aromatic carbocycles. The van der Waals surface area contributed by atoms with Crippen LogP contribution in [-0.4, -0.2) is 39.6 Å². The summed E-state index contributed by atoms with van der Waals surface area (Å²) in [5.41, 5.74) is 0. The molecule has 0 fully saturated rings. The van der Waals surface area contributed by atoms with Crippen molar-refractivity contribution < 1.29 is 23.0 Å². The first-order chi connectivity index (χ1) is 10.8. The fourth-order valence-corrected chi connectivity index (χ4v) is 3.40. The Morgan fingerprint density at radius 2 is 1.78 bits per heavy atom. The van der Waals surface area contributed by atoms with Gasteiger partial charge in [0.15, 0.2) is 9.84 Å². The van der Waals surface area contributed by atoms with Gasteiger partial charge in [0.05, 0.1) is 17.1 Å². The van der Waals surface area contributed by atoms with E-state index in [0.717, 1.165) is 5.41 Å². The molecule has 1 rings (SSSR count). The zero-order valence-corrected chi connectivity index (χ0v) is 14.9. The number of sulfone groups is 1. The minimum absolute atomic E-state index is 0.131. The van der Waals surface area contributed by atoms with E-state index in [1.165, 1.54) is 25.3 Å². The highest BCUT2D eigenvalue weighted by Crippen LogP contribution is 2.21. The standard InChI is InChI=1S/C17H26O5S/c1-13(2)17(22-12-21-4)14(3)16(18)10-11-23(19,20)15-8-6-5-7-9-15/h5-11,13-14,16-18H,12H2,1-4H3/b11-10+/t14-,16+,17-/m0/s1. The SMILES string of the molecule is COCO[C@@H](C(C)C)[C@@H](C)[C@H](O)/C=C/S(=O)(=O)c1ccccc1. The van der Waals surface area contributed by atoms with Crippen LogP contribution in [0.15, 0.2) is 46.7 Å². The second-order valence-corrected chi connectivity index (χ2v) is 7.65. The maximum absolute atomic E-state index is 12.2. The van der Waals surface area contributed by atoms with E-state index >= 15 is 0 Å². The van der Waals surface area contributed by atoms with Gasteiger partial charge in [-0.1, -0.05) is 39.0 Å². The Morgan fingerprint density at radius 3 is 2.30 bits per heavy atom. The zero-order chi connectivity index (χ0) is 17.5. The van der Waals surface area contributed by atoms with E-state index in [-0.39, 0.29) is 29.6 Å². The van der Waals surface area contributed by atoms with Crippen molar-refractivity contribution in [2.24, 2.45) is 11.8 Å². The molecule has 130 valence electrons. The second kappa shape index (κ2) is 9.17. The Labute approximate surface area is 138 Å². The summed E-state index contributed by atoms with van der Waals surface area (Å²) in [7, 11) is -2.03. The van der Waals surface area contributed by atoms with E-state index in [4.69, 9.17) is 9.47 Å². The number of benzene rings is 1. The monoisotopic (exact) mass is 342 g/mol. The van der Waals surface area contributed by atoms with Crippen LogP contribution in [0.3, 0.4) is 0 Å². The van der Waals surface area contributed by atoms with Gasteiger partial charge >= 0.3 is 0 Å². The molecule has 0 heterocycles. The van der Waals surface area contributed by atoms with Crippen LogP contribution in [0.1, 0.15) is 20.8 Å². The molecule has 23 heavy (non-hydrogen) atoms. The van der Waals surface area contributed by atoms with E-state index in [2.05, 4.69) is 0 Å². The predicted molar refractivity (Wildman–Crippen MR) is 89.5 cm³/mol. The molecule has 0 saturated heterocycles. The third-order valence-corrected chi connectivity index (χ3v) is 5.06. The van der Waals surface area contributed by atoms with Crippen molar-refractivity contribution >= 4 is 9.84 Å². The van der Waals surface area contributed by atoms with Crippen LogP contribution in [-0.2, 0) is 19.3 Å². The highest BCUT2D eigenvalue weighted by atomic mass is 32.2. The minimum Gasteiger partial charge on any atom is -0.389 e. The normalized spacial score (nSPS) is 16.6. The van der Waals surface area contributed by atoms with E-state index in [0.29, 0.717) is 0 Å². The van der Waals surface area contributed by atoms with Crippen molar-refractivity contribution in [1.29, 1.82) is 0 Å². The summed E-state index contributed by atoms with van der Waals surface area (Å²) in [4.78, 5) is 0.201. The number of aliphatic hydroxyl groups is 1. The molecule has 0 aliphatic carbocycles. The molecular formula is C17H26O5S. The van der Waals surface area contributed by atoms with E-state index in [9.17, 15) is 13.5 Å². The van der Waals surface area contributed by atoms with Crippen molar-refractivity contribution in [3.63, 3.8) is 0 Å². The average molecular weight is 342 g/mol. The van der Waals surface area contributed by atoms with Crippen LogP contribution in [0.4, 0.5) is 0 Å². The first-order valence-corrected chi connectivity index (χ1v) is 9.11. The number of ether oxygens (including phenoxy) is 2. The van der Waals surface area contributed by atoms with E-state index in [1.54, 1.807) is 18.2 Å². The summed E-state index contributed by atoms with van der Waals surface area (Å²) < 4.78 is 34.9. The van der Waals surface area contributed by atoms with Gasteiger partial charge in [0, 0.05) is 18.4 Å². The summed E-state index contributed by atoms with van der Waals surface area (Å²) in [6.45, 7) is 5.92. The lowest BCUT2D eigenvalue weighted by atomic mass is 9.90. The van der Waals surface area contributed by atoms with Gasteiger partial charge in [-0.3, -0.25) is 0 Å². The molecular weight excluding hydrogens is 316 g/mol. The van der Waals surface area contributed by atoms with Crippen LogP contribution < -0.4 is 0 Å². The maximum atomic E-state index is 12.2. The lowest BCUT2D eigenvalue weighted by molar-refractivity contribution is -0.117. The van der Waals surface area contributed by atoms with Gasteiger partial charge in [0.25, 0.3) is 0 Å². The van der Waals surface area contributed by atoms with Crippen molar-refractivity contribution in [1.82, 2.24) is 0 Å². The fourth-order valence-electron chi connectivity index (χ4n) is 2.34. The summed E-state index contributed by atoms with van der Waals surface area (Å²) in [5, 5.41) is 11.3. The molecule has 0 aliphatic rings. The minimum atomic E-state index is -3.56. The van der Waals surface area contributed by atoms with Gasteiger partial charge in [0.2, 0.25) is 0 Å². The van der Waals surface area contributed by atoms with Gasteiger partial charge < -0.3 is 14.6 Å². The van der Waals surface area contributed by atoms with Crippen LogP contribution in [0.2, 0.25) is 0 Å². The van der Waals surface area contributed by atoms with Gasteiger partial charge in [0.1, 0.15) is 6.79 Å². The Bertz CT molecular complexity index is 580. The van der Waals surface area contributed by atoms with Crippen LogP contribution in [0.25, 0.3) is 0 Å². The summed E-state index contributed by atoms with van der Waals surface area (Å²) in [5.74, 6) is -0.110. The van der Waals surface area contributed by atoms with Gasteiger partial charge in [-0.05, 0) is 24.1 Å². The van der Waals surface area contributed by atoms with Crippen LogP contribution in [0.5, 0.6) is 0 Å². The number of hydrogen-bond donors (Lipinski definition) is 1. The number of methoxy groups -OCH3 is 1. The summed E-state index contributed by atoms with van der Waals surface area (Å²) >= 11 is 0. The number of rotatable bonds is 9. The first kappa shape index (κ1) is 19.8. The molecule has 6 heteroatoms. The molecule has 0 aliphatic heterocycles. The first-order valence-electron chi connectivity index (χ1n) is 7.56. The third-order valence-electron chi connectivity index (χ3n) is 3.62. The van der Waals surface area contributed by atoms with Crippen molar-refractivity contribution in [2.45, 2.75) is 37.9 Å². The molecule has 3 atom stereocenters. The van der Waals surface area contributed by atoms with E-state index < -0.39 is 15.9 Å².